The minimum Gasteiger partial charge on any atom is -0.485 e. The Bertz CT molecular complexity index is 1560. The number of nitrogens with two attached hydrogens (primary N) is 1. The molecule has 1 saturated heterocycles. The third-order valence-corrected chi connectivity index (χ3v) is 7.63. The second-order valence-corrected chi connectivity index (χ2v) is 10.5. The van der Waals surface area contributed by atoms with Crippen molar-refractivity contribution < 1.29 is 19.1 Å². The Morgan fingerprint density at radius 2 is 1.68 bits per heavy atom. The molecular formula is C33H32N4O4. The first-order valence-electron chi connectivity index (χ1n) is 13.7. The van der Waals surface area contributed by atoms with Crippen LogP contribution in [0.15, 0.2) is 103 Å². The van der Waals surface area contributed by atoms with E-state index in [1.54, 1.807) is 24.3 Å². The molecule has 4 aromatic carbocycles. The SMILES string of the molecule is CC12CC(c3cccc(OCc4ccccc4)c3O1)N(N)C(=O)N2c1cccc(C(=O)NCCc2ccccc2)c1. The molecule has 0 aromatic heterocycles. The lowest BCUT2D eigenvalue weighted by Gasteiger charge is -2.53. The quantitative estimate of drug-likeness (QED) is 0.221. The molecule has 2 heterocycles. The van der Waals surface area contributed by atoms with E-state index >= 15 is 0 Å². The zero-order valence-electron chi connectivity index (χ0n) is 22.8. The number of hydrogen-bond donors (Lipinski definition) is 2. The predicted octanol–water partition coefficient (Wildman–Crippen LogP) is 5.59. The van der Waals surface area contributed by atoms with E-state index in [1.165, 1.54) is 9.91 Å². The van der Waals surface area contributed by atoms with Gasteiger partial charge < -0.3 is 14.8 Å². The number of carbonyl (C=O) groups excluding carboxylic acids is 2. The van der Waals surface area contributed by atoms with Gasteiger partial charge in [-0.25, -0.2) is 10.6 Å². The Hall–Kier alpha value is -4.82. The highest BCUT2D eigenvalue weighted by Gasteiger charge is 2.53. The van der Waals surface area contributed by atoms with Crippen LogP contribution in [-0.2, 0) is 13.0 Å². The number of ether oxygens (including phenoxy) is 2. The number of anilines is 1. The second-order valence-electron chi connectivity index (χ2n) is 10.5. The van der Waals surface area contributed by atoms with Gasteiger partial charge >= 0.3 is 6.03 Å². The molecule has 208 valence electrons. The number of nitrogens with one attached hydrogen (secondary N) is 1. The Morgan fingerprint density at radius 1 is 0.976 bits per heavy atom. The molecule has 2 atom stereocenters. The van der Waals surface area contributed by atoms with Crippen LogP contribution in [0, 0.1) is 0 Å². The van der Waals surface area contributed by atoms with Crippen LogP contribution in [0.2, 0.25) is 0 Å². The lowest BCUT2D eigenvalue weighted by atomic mass is 9.89. The monoisotopic (exact) mass is 548 g/mol. The minimum absolute atomic E-state index is 0.216. The molecule has 2 aliphatic rings. The summed E-state index contributed by atoms with van der Waals surface area (Å²) >= 11 is 0. The zero-order chi connectivity index (χ0) is 28.4. The Kier molecular flexibility index (Phi) is 7.07. The van der Waals surface area contributed by atoms with Crippen molar-refractivity contribution in [2.45, 2.75) is 38.1 Å². The van der Waals surface area contributed by atoms with Crippen LogP contribution >= 0.6 is 0 Å². The summed E-state index contributed by atoms with van der Waals surface area (Å²) in [6.45, 7) is 2.74. The van der Waals surface area contributed by atoms with Crippen LogP contribution < -0.4 is 25.5 Å². The molecule has 0 aliphatic carbocycles. The maximum atomic E-state index is 13.7. The number of carbonyl (C=O) groups is 2. The van der Waals surface area contributed by atoms with Crippen molar-refractivity contribution in [2.75, 3.05) is 11.4 Å². The van der Waals surface area contributed by atoms with E-state index in [0.29, 0.717) is 42.3 Å². The first-order chi connectivity index (χ1) is 19.9. The summed E-state index contributed by atoms with van der Waals surface area (Å²) in [4.78, 5) is 28.2. The molecule has 1 fully saturated rings. The van der Waals surface area contributed by atoms with Crippen LogP contribution in [-0.4, -0.2) is 29.2 Å². The van der Waals surface area contributed by atoms with Crippen LogP contribution in [0.5, 0.6) is 11.5 Å². The standard InChI is InChI=1S/C33H32N4O4/c1-33-21-28(27-16-9-17-29(30(27)41-33)40-22-24-12-6-3-7-13-24)37(34)32(39)36(33)26-15-8-14-25(20-26)31(38)35-19-18-23-10-4-2-5-11-23/h2-17,20,28H,18-19,21-22,34H2,1H3,(H,35,38). The molecule has 8 nitrogen and oxygen atoms in total. The summed E-state index contributed by atoms with van der Waals surface area (Å²) in [5.74, 6) is 7.35. The highest BCUT2D eigenvalue weighted by Crippen LogP contribution is 2.51. The van der Waals surface area contributed by atoms with Gasteiger partial charge in [-0.1, -0.05) is 78.9 Å². The third kappa shape index (κ3) is 5.21. The molecule has 0 radical (unpaired) electrons. The molecule has 41 heavy (non-hydrogen) atoms. The Labute approximate surface area is 239 Å². The largest absolute Gasteiger partial charge is 0.485 e. The van der Waals surface area contributed by atoms with Crippen molar-refractivity contribution in [1.82, 2.24) is 10.3 Å². The Morgan fingerprint density at radius 3 is 2.44 bits per heavy atom. The number of amides is 3. The number of rotatable bonds is 8. The summed E-state index contributed by atoms with van der Waals surface area (Å²) in [6.07, 6.45) is 1.16. The Balaban J connectivity index is 1.24. The van der Waals surface area contributed by atoms with E-state index in [4.69, 9.17) is 15.3 Å². The van der Waals surface area contributed by atoms with Gasteiger partial charge in [0.05, 0.1) is 11.7 Å². The minimum atomic E-state index is -1.06. The fourth-order valence-electron chi connectivity index (χ4n) is 5.56. The number of hydrazine groups is 1. The average Bonchev–Trinajstić information content (AvgIpc) is 3.00. The van der Waals surface area contributed by atoms with E-state index < -0.39 is 17.8 Å². The van der Waals surface area contributed by atoms with Gasteiger partial charge in [-0.3, -0.25) is 14.7 Å². The first kappa shape index (κ1) is 26.4. The van der Waals surface area contributed by atoms with E-state index in [9.17, 15) is 9.59 Å². The van der Waals surface area contributed by atoms with E-state index in [-0.39, 0.29) is 5.91 Å². The van der Waals surface area contributed by atoms with Crippen LogP contribution in [0.3, 0.4) is 0 Å². The molecule has 0 spiro atoms. The molecule has 0 saturated carbocycles. The summed E-state index contributed by atoms with van der Waals surface area (Å²) < 4.78 is 12.8. The molecular weight excluding hydrogens is 516 g/mol. The lowest BCUT2D eigenvalue weighted by molar-refractivity contribution is -0.00305. The number of urea groups is 1. The zero-order valence-corrected chi connectivity index (χ0v) is 22.8. The second kappa shape index (κ2) is 11.0. The highest BCUT2D eigenvalue weighted by atomic mass is 16.5. The molecule has 2 bridgehead atoms. The van der Waals surface area contributed by atoms with Crippen molar-refractivity contribution in [3.8, 4) is 11.5 Å². The molecule has 2 aliphatic heterocycles. The molecule has 8 heteroatoms. The summed E-state index contributed by atoms with van der Waals surface area (Å²) in [6, 6.07) is 31.7. The van der Waals surface area contributed by atoms with Crippen LogP contribution in [0.1, 0.15) is 46.4 Å². The number of fused-ring (bicyclic) bond motifs is 4. The van der Waals surface area contributed by atoms with Crippen LogP contribution in [0.25, 0.3) is 0 Å². The fourth-order valence-corrected chi connectivity index (χ4v) is 5.56. The molecule has 2 unspecified atom stereocenters. The van der Waals surface area contributed by atoms with Gasteiger partial charge in [0.1, 0.15) is 6.61 Å². The van der Waals surface area contributed by atoms with E-state index in [2.05, 4.69) is 5.32 Å². The summed E-state index contributed by atoms with van der Waals surface area (Å²) in [7, 11) is 0. The molecule has 3 amide bonds. The van der Waals surface area contributed by atoms with Gasteiger partial charge in [0.25, 0.3) is 5.91 Å². The molecule has 6 rings (SSSR count). The van der Waals surface area contributed by atoms with E-state index in [1.807, 2.05) is 85.8 Å². The van der Waals surface area contributed by atoms with Gasteiger partial charge in [0.2, 0.25) is 0 Å². The lowest BCUT2D eigenvalue weighted by Crippen LogP contribution is -2.67. The average molecular weight is 549 g/mol. The normalized spacial score (nSPS) is 19.3. The summed E-state index contributed by atoms with van der Waals surface area (Å²) in [5, 5.41) is 4.22. The predicted molar refractivity (Wildman–Crippen MR) is 156 cm³/mol. The van der Waals surface area contributed by atoms with Gasteiger partial charge in [-0.15, -0.1) is 0 Å². The maximum Gasteiger partial charge on any atom is 0.342 e. The van der Waals surface area contributed by atoms with Gasteiger partial charge in [-0.05, 0) is 48.7 Å². The first-order valence-corrected chi connectivity index (χ1v) is 13.7. The smallest absolute Gasteiger partial charge is 0.342 e. The van der Waals surface area contributed by atoms with Gasteiger partial charge in [-0.2, -0.15) is 0 Å². The highest BCUT2D eigenvalue weighted by molar-refractivity contribution is 5.98. The molecule has 3 N–H and O–H groups in total. The number of nitrogens with zero attached hydrogens (tertiary/aromatic N) is 2. The summed E-state index contributed by atoms with van der Waals surface area (Å²) in [5.41, 5.74) is 2.89. The van der Waals surface area contributed by atoms with Gasteiger partial charge in [0, 0.05) is 24.1 Å². The van der Waals surface area contributed by atoms with E-state index in [0.717, 1.165) is 23.1 Å². The third-order valence-electron chi connectivity index (χ3n) is 7.63. The van der Waals surface area contributed by atoms with Crippen molar-refractivity contribution in [1.29, 1.82) is 0 Å². The number of hydrogen-bond acceptors (Lipinski definition) is 5. The van der Waals surface area contributed by atoms with Crippen LogP contribution in [0.4, 0.5) is 10.5 Å². The fraction of sp³-hybridized carbons (Fsp3) is 0.212. The number of para-hydroxylation sites is 1. The van der Waals surface area contributed by atoms with Crippen molar-refractivity contribution in [3.63, 3.8) is 0 Å². The number of benzene rings is 4. The maximum absolute atomic E-state index is 13.7. The van der Waals surface area contributed by atoms with Crippen molar-refractivity contribution in [2.24, 2.45) is 5.84 Å². The topological polar surface area (TPSA) is 97.1 Å². The van der Waals surface area contributed by atoms with Gasteiger partial charge in [0.15, 0.2) is 17.2 Å². The van der Waals surface area contributed by atoms with Crippen molar-refractivity contribution in [3.05, 3.63) is 125 Å². The molecule has 4 aromatic rings. The van der Waals surface area contributed by atoms with Crippen molar-refractivity contribution >= 4 is 17.6 Å².